The molecule has 0 spiro atoms. The summed E-state index contributed by atoms with van der Waals surface area (Å²) in [6.07, 6.45) is -3.79. The van der Waals surface area contributed by atoms with Crippen LogP contribution < -0.4 is 0 Å². The number of benzene rings is 1. The average Bonchev–Trinajstić information content (AvgIpc) is 3.22. The first-order chi connectivity index (χ1) is 14.4. The molecule has 3 rings (SSSR count). The SMILES string of the molecule is Cc1cccc2c1ncn2[C@@H]1O[C@H](CO[P+](=O)OP(=O)(O)OP(=O)(O)OO)[C@@H](O)[C@H]1O. The molecular formula is C13H18N2O13P3+. The third-order valence-corrected chi connectivity index (χ3v) is 7.82. The minimum absolute atomic E-state index is 0.630. The minimum Gasteiger partial charge on any atom is -0.387 e. The van der Waals surface area contributed by atoms with Crippen molar-refractivity contribution in [2.45, 2.75) is 31.5 Å². The molecule has 1 aliphatic heterocycles. The van der Waals surface area contributed by atoms with Gasteiger partial charge in [0.15, 0.2) is 6.23 Å². The maximum Gasteiger partial charge on any atom is 0.708 e. The highest BCUT2D eigenvalue weighted by atomic mass is 31.3. The van der Waals surface area contributed by atoms with Crippen molar-refractivity contribution < 1.29 is 61.5 Å². The third-order valence-electron chi connectivity index (χ3n) is 4.24. The summed E-state index contributed by atoms with van der Waals surface area (Å²) in [6.45, 7) is 1.18. The van der Waals surface area contributed by atoms with E-state index < -0.39 is 55.0 Å². The van der Waals surface area contributed by atoms with E-state index in [1.165, 1.54) is 10.9 Å². The van der Waals surface area contributed by atoms with Gasteiger partial charge < -0.3 is 24.4 Å². The van der Waals surface area contributed by atoms with Gasteiger partial charge in [0.2, 0.25) is 0 Å². The van der Waals surface area contributed by atoms with Crippen molar-refractivity contribution in [1.29, 1.82) is 0 Å². The Labute approximate surface area is 174 Å². The van der Waals surface area contributed by atoms with E-state index in [0.29, 0.717) is 11.0 Å². The van der Waals surface area contributed by atoms with Crippen LogP contribution in [0.15, 0.2) is 24.5 Å². The number of aliphatic hydroxyl groups excluding tert-OH is 2. The van der Waals surface area contributed by atoms with Gasteiger partial charge >= 0.3 is 23.9 Å². The van der Waals surface area contributed by atoms with Crippen molar-refractivity contribution in [3.05, 3.63) is 30.1 Å². The second-order valence-corrected chi connectivity index (χ2v) is 10.4. The molecule has 1 fully saturated rings. The van der Waals surface area contributed by atoms with E-state index in [2.05, 4.69) is 22.8 Å². The van der Waals surface area contributed by atoms with E-state index >= 15 is 0 Å². The first-order valence-electron chi connectivity index (χ1n) is 8.38. The van der Waals surface area contributed by atoms with E-state index in [1.807, 2.05) is 13.0 Å². The number of aryl methyl sites for hydroxylation is 1. The molecule has 3 unspecified atom stereocenters. The van der Waals surface area contributed by atoms with Crippen LogP contribution in [0, 0.1) is 6.92 Å². The molecular weight excluding hydrogens is 485 g/mol. The number of hydrogen-bond acceptors (Lipinski definition) is 12. The van der Waals surface area contributed by atoms with E-state index in [1.54, 1.807) is 12.1 Å². The fourth-order valence-electron chi connectivity index (χ4n) is 2.90. The fourth-order valence-corrected chi connectivity index (χ4v) is 5.58. The Morgan fingerprint density at radius 1 is 1.23 bits per heavy atom. The summed E-state index contributed by atoms with van der Waals surface area (Å²) in [5.74, 6) is 0. The molecule has 7 atom stereocenters. The van der Waals surface area contributed by atoms with E-state index in [9.17, 15) is 28.8 Å². The Bertz CT molecular complexity index is 1060. The van der Waals surface area contributed by atoms with Crippen LogP contribution in [0.4, 0.5) is 0 Å². The molecule has 0 amide bonds. The summed E-state index contributed by atoms with van der Waals surface area (Å²) in [5, 5.41) is 28.6. The topological polar surface area (TPSA) is 216 Å². The van der Waals surface area contributed by atoms with Crippen LogP contribution in [0.3, 0.4) is 0 Å². The molecule has 5 N–H and O–H groups in total. The summed E-state index contributed by atoms with van der Waals surface area (Å²) in [5.41, 5.74) is 2.17. The zero-order chi connectivity index (χ0) is 23.0. The molecule has 15 nitrogen and oxygen atoms in total. The van der Waals surface area contributed by atoms with E-state index in [-0.39, 0.29) is 0 Å². The monoisotopic (exact) mass is 503 g/mol. The van der Waals surface area contributed by atoms with Gasteiger partial charge in [0.25, 0.3) is 0 Å². The molecule has 172 valence electrons. The molecule has 31 heavy (non-hydrogen) atoms. The zero-order valence-electron chi connectivity index (χ0n) is 15.6. The fraction of sp³-hybridized carbons (Fsp3) is 0.462. The lowest BCUT2D eigenvalue weighted by molar-refractivity contribution is -0.157. The van der Waals surface area contributed by atoms with Gasteiger partial charge in [0.05, 0.1) is 17.4 Å². The smallest absolute Gasteiger partial charge is 0.387 e. The van der Waals surface area contributed by atoms with Crippen molar-refractivity contribution in [3.63, 3.8) is 0 Å². The Kier molecular flexibility index (Phi) is 7.41. The minimum atomic E-state index is -5.43. The van der Waals surface area contributed by atoms with Gasteiger partial charge in [-0.1, -0.05) is 12.1 Å². The van der Waals surface area contributed by atoms with Gasteiger partial charge in [-0.05, 0) is 22.9 Å². The summed E-state index contributed by atoms with van der Waals surface area (Å²) in [4.78, 5) is 22.2. The predicted octanol–water partition coefficient (Wildman–Crippen LogP) is 1.36. The van der Waals surface area contributed by atoms with Crippen molar-refractivity contribution in [1.82, 2.24) is 9.55 Å². The van der Waals surface area contributed by atoms with Crippen molar-refractivity contribution in [2.75, 3.05) is 6.61 Å². The highest BCUT2D eigenvalue weighted by Gasteiger charge is 2.48. The first-order valence-corrected chi connectivity index (χ1v) is 12.5. The Morgan fingerprint density at radius 2 is 1.94 bits per heavy atom. The van der Waals surface area contributed by atoms with Gasteiger partial charge in [-0.3, -0.25) is 4.89 Å². The largest absolute Gasteiger partial charge is 0.708 e. The van der Waals surface area contributed by atoms with Gasteiger partial charge in [-0.15, -0.1) is 9.20 Å². The first kappa shape index (κ1) is 24.5. The van der Waals surface area contributed by atoms with E-state index in [4.69, 9.17) is 14.9 Å². The molecule has 2 aromatic rings. The molecule has 1 aliphatic rings. The molecule has 18 heteroatoms. The second kappa shape index (κ2) is 9.38. The number of imidazole rings is 1. The summed E-state index contributed by atoms with van der Waals surface area (Å²) < 4.78 is 56.4. The molecule has 1 aromatic heterocycles. The number of hydrogen-bond donors (Lipinski definition) is 5. The Balaban J connectivity index is 1.63. The molecule has 0 radical (unpaired) electrons. The molecule has 2 heterocycles. The van der Waals surface area contributed by atoms with Gasteiger partial charge in [0, 0.05) is 4.57 Å². The summed E-state index contributed by atoms with van der Waals surface area (Å²) >= 11 is 0. The molecule has 1 aromatic carbocycles. The Morgan fingerprint density at radius 3 is 2.61 bits per heavy atom. The molecule has 0 bridgehead atoms. The standard InChI is InChI=1S/C13H17N2O13P3/c1-7-3-2-4-8-10(7)14-6-15(8)13-12(17)11(16)9(25-13)5-24-29(19)27-31(22,23)28-30(20,21)26-18/h2-4,6,9,11-13,16-17H,5H2,1H3,(H2-,18,20,21,22,23)/p+1/t9-,11-,12-,13-/m1/s1. The second-order valence-electron chi connectivity index (χ2n) is 6.34. The lowest BCUT2D eigenvalue weighted by Crippen LogP contribution is -2.33. The third kappa shape index (κ3) is 5.62. The van der Waals surface area contributed by atoms with Crippen molar-refractivity contribution in [2.24, 2.45) is 0 Å². The number of aromatic nitrogens is 2. The number of rotatable bonds is 9. The number of para-hydroxylation sites is 1. The number of phosphoric acid groups is 2. The molecule has 0 aliphatic carbocycles. The normalized spacial score (nSPS) is 28.4. The maximum absolute atomic E-state index is 11.7. The number of nitrogens with zero attached hydrogens (tertiary/aromatic N) is 2. The van der Waals surface area contributed by atoms with Crippen molar-refractivity contribution >= 4 is 34.9 Å². The van der Waals surface area contributed by atoms with E-state index in [0.717, 1.165) is 5.56 Å². The van der Waals surface area contributed by atoms with Crippen LogP contribution in [0.5, 0.6) is 0 Å². The molecule has 0 saturated carbocycles. The zero-order valence-corrected chi connectivity index (χ0v) is 18.2. The lowest BCUT2D eigenvalue weighted by atomic mass is 10.1. The van der Waals surface area contributed by atoms with Gasteiger partial charge in [0.1, 0.15) is 24.9 Å². The lowest BCUT2D eigenvalue weighted by Gasteiger charge is -2.17. The molecule has 1 saturated heterocycles. The van der Waals surface area contributed by atoms with Gasteiger partial charge in [-0.2, -0.15) is 4.31 Å². The number of ether oxygens (including phenoxy) is 1. The highest BCUT2D eigenvalue weighted by Crippen LogP contribution is 2.63. The number of aliphatic hydroxyl groups is 2. The van der Waals surface area contributed by atoms with Crippen LogP contribution >= 0.6 is 23.9 Å². The summed E-state index contributed by atoms with van der Waals surface area (Å²) in [6, 6.07) is 5.36. The van der Waals surface area contributed by atoms with Crippen LogP contribution in [-0.4, -0.2) is 59.7 Å². The van der Waals surface area contributed by atoms with Crippen LogP contribution in [0.1, 0.15) is 11.8 Å². The highest BCUT2D eigenvalue weighted by molar-refractivity contribution is 7.64. The average molecular weight is 503 g/mol. The quantitative estimate of drug-likeness (QED) is 0.186. The van der Waals surface area contributed by atoms with Crippen LogP contribution in [0.2, 0.25) is 0 Å². The summed E-state index contributed by atoms with van der Waals surface area (Å²) in [7, 11) is -14.2. The van der Waals surface area contributed by atoms with Gasteiger partial charge in [-0.25, -0.2) is 19.4 Å². The van der Waals surface area contributed by atoms with Crippen molar-refractivity contribution in [3.8, 4) is 0 Å². The Hall–Kier alpha value is -1.15. The number of fused-ring (bicyclic) bond motifs is 1. The maximum atomic E-state index is 11.7. The van der Waals surface area contributed by atoms with Crippen LogP contribution in [-0.2, 0) is 36.3 Å². The predicted molar refractivity (Wildman–Crippen MR) is 99.5 cm³/mol. The van der Waals surface area contributed by atoms with Crippen LogP contribution in [0.25, 0.3) is 11.0 Å².